The van der Waals surface area contributed by atoms with E-state index in [0.717, 1.165) is 48.6 Å². The Morgan fingerprint density at radius 3 is 2.70 bits per heavy atom. The van der Waals surface area contributed by atoms with Gasteiger partial charge in [-0.25, -0.2) is 0 Å². The van der Waals surface area contributed by atoms with E-state index in [2.05, 4.69) is 12.1 Å². The quantitative estimate of drug-likeness (QED) is 0.321. The molecule has 0 radical (unpaired) electrons. The van der Waals surface area contributed by atoms with Gasteiger partial charge in [0.15, 0.2) is 11.5 Å². The zero-order valence-electron chi connectivity index (χ0n) is 12.7. The molecule has 0 aromatic heterocycles. The third kappa shape index (κ3) is 5.51. The van der Waals surface area contributed by atoms with Gasteiger partial charge in [0, 0.05) is 0 Å². The lowest BCUT2D eigenvalue weighted by Gasteiger charge is -2.12. The molecule has 1 rings (SSSR count). The maximum Gasteiger partial charge on any atom is 0.161 e. The lowest BCUT2D eigenvalue weighted by molar-refractivity contribution is 0.286. The third-order valence-electron chi connectivity index (χ3n) is 3.18. The molecule has 0 aliphatic carbocycles. The van der Waals surface area contributed by atoms with Crippen molar-refractivity contribution < 1.29 is 14.7 Å². The van der Waals surface area contributed by atoms with Crippen molar-refractivity contribution in [2.45, 2.75) is 46.0 Å². The molecule has 0 aliphatic heterocycles. The fourth-order valence-corrected chi connectivity index (χ4v) is 1.90. The van der Waals surface area contributed by atoms with Crippen molar-refractivity contribution in [2.75, 3.05) is 13.7 Å². The number of oxime groups is 1. The van der Waals surface area contributed by atoms with Crippen LogP contribution in [0.25, 0.3) is 0 Å². The molecule has 0 atom stereocenters. The average molecular weight is 279 g/mol. The van der Waals surface area contributed by atoms with Gasteiger partial charge in [-0.15, -0.1) is 0 Å². The standard InChI is InChI=1S/C16H25NO3/c1-4-5-6-11-20-15-10-9-14(12-16(15)19-3)8-7-13(2)17-18/h9-10,12,18H,4-8,11H2,1-3H3/b17-13+. The van der Waals surface area contributed by atoms with E-state index in [4.69, 9.17) is 14.7 Å². The van der Waals surface area contributed by atoms with Crippen molar-refractivity contribution in [2.24, 2.45) is 5.16 Å². The van der Waals surface area contributed by atoms with Gasteiger partial charge >= 0.3 is 0 Å². The smallest absolute Gasteiger partial charge is 0.161 e. The van der Waals surface area contributed by atoms with E-state index in [0.29, 0.717) is 0 Å². The van der Waals surface area contributed by atoms with Crippen LogP contribution in [-0.4, -0.2) is 24.6 Å². The number of ether oxygens (including phenoxy) is 2. The van der Waals surface area contributed by atoms with E-state index in [-0.39, 0.29) is 0 Å². The highest BCUT2D eigenvalue weighted by molar-refractivity contribution is 5.81. The zero-order chi connectivity index (χ0) is 14.8. The summed E-state index contributed by atoms with van der Waals surface area (Å²) in [5.74, 6) is 1.55. The Balaban J connectivity index is 2.60. The summed E-state index contributed by atoms with van der Waals surface area (Å²) in [6.45, 7) is 4.70. The van der Waals surface area contributed by atoms with E-state index in [1.165, 1.54) is 12.8 Å². The van der Waals surface area contributed by atoms with Gasteiger partial charge in [0.05, 0.1) is 19.4 Å². The van der Waals surface area contributed by atoms with Crippen LogP contribution in [0.3, 0.4) is 0 Å². The van der Waals surface area contributed by atoms with E-state index >= 15 is 0 Å². The second-order valence-corrected chi connectivity index (χ2v) is 4.88. The Kier molecular flexibility index (Phi) is 7.55. The summed E-state index contributed by atoms with van der Waals surface area (Å²) in [4.78, 5) is 0. The fourth-order valence-electron chi connectivity index (χ4n) is 1.90. The average Bonchev–Trinajstić information content (AvgIpc) is 2.49. The molecule has 0 saturated carbocycles. The maximum absolute atomic E-state index is 8.64. The largest absolute Gasteiger partial charge is 0.493 e. The molecular formula is C16H25NO3. The molecule has 112 valence electrons. The second kappa shape index (κ2) is 9.23. The zero-order valence-corrected chi connectivity index (χ0v) is 12.7. The first kappa shape index (κ1) is 16.3. The van der Waals surface area contributed by atoms with Crippen LogP contribution < -0.4 is 9.47 Å². The van der Waals surface area contributed by atoms with Crippen molar-refractivity contribution in [3.63, 3.8) is 0 Å². The number of hydrogen-bond donors (Lipinski definition) is 1. The highest BCUT2D eigenvalue weighted by Gasteiger charge is 2.06. The molecule has 4 heteroatoms. The Morgan fingerprint density at radius 1 is 1.25 bits per heavy atom. The molecule has 0 saturated heterocycles. The minimum atomic E-state index is 0.722. The molecule has 0 bridgehead atoms. The van der Waals surface area contributed by atoms with Gasteiger partial charge < -0.3 is 14.7 Å². The summed E-state index contributed by atoms with van der Waals surface area (Å²) in [6, 6.07) is 5.97. The van der Waals surface area contributed by atoms with Crippen LogP contribution in [0, 0.1) is 0 Å². The topological polar surface area (TPSA) is 51.0 Å². The first-order chi connectivity index (χ1) is 9.71. The van der Waals surface area contributed by atoms with Crippen LogP contribution in [0.5, 0.6) is 11.5 Å². The highest BCUT2D eigenvalue weighted by Crippen LogP contribution is 2.28. The number of hydrogen-bond acceptors (Lipinski definition) is 4. The van der Waals surface area contributed by atoms with Crippen LogP contribution in [0.15, 0.2) is 23.4 Å². The van der Waals surface area contributed by atoms with Gasteiger partial charge in [-0.2, -0.15) is 0 Å². The Hall–Kier alpha value is -1.71. The van der Waals surface area contributed by atoms with Crippen LogP contribution in [0.4, 0.5) is 0 Å². The summed E-state index contributed by atoms with van der Waals surface area (Å²) in [7, 11) is 1.65. The second-order valence-electron chi connectivity index (χ2n) is 4.88. The summed E-state index contributed by atoms with van der Waals surface area (Å²) in [5.41, 5.74) is 1.87. The van der Waals surface area contributed by atoms with Gasteiger partial charge in [0.25, 0.3) is 0 Å². The Labute approximate surface area is 121 Å². The monoisotopic (exact) mass is 279 g/mol. The molecule has 0 spiro atoms. The summed E-state index contributed by atoms with van der Waals surface area (Å²) < 4.78 is 11.1. The van der Waals surface area contributed by atoms with Gasteiger partial charge in [0.2, 0.25) is 0 Å². The predicted octanol–water partition coefficient (Wildman–Crippen LogP) is 4.05. The van der Waals surface area contributed by atoms with Crippen LogP contribution in [0.2, 0.25) is 0 Å². The van der Waals surface area contributed by atoms with Crippen LogP contribution in [0.1, 0.15) is 45.1 Å². The molecule has 1 N–H and O–H groups in total. The molecule has 0 amide bonds. The van der Waals surface area contributed by atoms with Crippen molar-refractivity contribution in [1.82, 2.24) is 0 Å². The molecule has 0 unspecified atom stereocenters. The molecular weight excluding hydrogens is 254 g/mol. The Bertz CT molecular complexity index is 430. The van der Waals surface area contributed by atoms with Crippen LogP contribution >= 0.6 is 0 Å². The van der Waals surface area contributed by atoms with E-state index in [1.54, 1.807) is 7.11 Å². The molecule has 4 nitrogen and oxygen atoms in total. The normalized spacial score (nSPS) is 11.4. The van der Waals surface area contributed by atoms with Crippen molar-refractivity contribution in [3.05, 3.63) is 23.8 Å². The molecule has 1 aromatic carbocycles. The number of nitrogens with zero attached hydrogens (tertiary/aromatic N) is 1. The predicted molar refractivity (Wildman–Crippen MR) is 81.2 cm³/mol. The summed E-state index contributed by atoms with van der Waals surface area (Å²) >= 11 is 0. The fraction of sp³-hybridized carbons (Fsp3) is 0.562. The van der Waals surface area contributed by atoms with E-state index < -0.39 is 0 Å². The molecule has 0 fully saturated rings. The van der Waals surface area contributed by atoms with E-state index in [1.807, 2.05) is 25.1 Å². The van der Waals surface area contributed by atoms with E-state index in [9.17, 15) is 0 Å². The van der Waals surface area contributed by atoms with Gasteiger partial charge in [-0.05, 0) is 43.9 Å². The number of benzene rings is 1. The Morgan fingerprint density at radius 2 is 2.05 bits per heavy atom. The minimum absolute atomic E-state index is 0.722. The number of aryl methyl sites for hydroxylation is 1. The van der Waals surface area contributed by atoms with Crippen molar-refractivity contribution >= 4 is 5.71 Å². The van der Waals surface area contributed by atoms with Gasteiger partial charge in [-0.3, -0.25) is 0 Å². The van der Waals surface area contributed by atoms with Crippen LogP contribution in [-0.2, 0) is 6.42 Å². The molecule has 0 aliphatic rings. The number of unbranched alkanes of at least 4 members (excludes halogenated alkanes) is 2. The minimum Gasteiger partial charge on any atom is -0.493 e. The van der Waals surface area contributed by atoms with Crippen molar-refractivity contribution in [1.29, 1.82) is 0 Å². The molecule has 1 aromatic rings. The third-order valence-corrected chi connectivity index (χ3v) is 3.18. The first-order valence-electron chi connectivity index (χ1n) is 7.18. The summed E-state index contributed by atoms with van der Waals surface area (Å²) in [6.07, 6.45) is 4.98. The first-order valence-corrected chi connectivity index (χ1v) is 7.18. The number of methoxy groups -OCH3 is 1. The lowest BCUT2D eigenvalue weighted by Crippen LogP contribution is -2.00. The highest BCUT2D eigenvalue weighted by atomic mass is 16.5. The molecule has 20 heavy (non-hydrogen) atoms. The summed E-state index contributed by atoms with van der Waals surface area (Å²) in [5, 5.41) is 11.8. The van der Waals surface area contributed by atoms with Gasteiger partial charge in [0.1, 0.15) is 0 Å². The van der Waals surface area contributed by atoms with Gasteiger partial charge in [-0.1, -0.05) is 31.0 Å². The number of rotatable bonds is 9. The maximum atomic E-state index is 8.64. The molecule has 0 heterocycles. The van der Waals surface area contributed by atoms with Crippen molar-refractivity contribution in [3.8, 4) is 11.5 Å². The SMILES string of the molecule is CCCCCOc1ccc(CC/C(C)=N/O)cc1OC. The lowest BCUT2D eigenvalue weighted by atomic mass is 10.1.